The Morgan fingerprint density at radius 3 is 2.96 bits per heavy atom. The third-order valence-corrected chi connectivity index (χ3v) is 3.88. The minimum absolute atomic E-state index is 0.0759. The fourth-order valence-corrected chi connectivity index (χ4v) is 2.67. The number of carbonyl (C=O) groups is 1. The first-order chi connectivity index (χ1) is 11.1. The third-order valence-electron chi connectivity index (χ3n) is 3.88. The Kier molecular flexibility index (Phi) is 4.52. The van der Waals surface area contributed by atoms with Crippen molar-refractivity contribution in [2.24, 2.45) is 0 Å². The number of anilines is 2. The minimum atomic E-state index is -0.0759. The first kappa shape index (κ1) is 15.4. The zero-order valence-electron chi connectivity index (χ0n) is 13.5. The second kappa shape index (κ2) is 6.75. The van der Waals surface area contributed by atoms with Gasteiger partial charge in [-0.25, -0.2) is 9.97 Å². The van der Waals surface area contributed by atoms with Crippen LogP contribution in [-0.4, -0.2) is 54.5 Å². The van der Waals surface area contributed by atoms with Crippen molar-refractivity contribution in [3.05, 3.63) is 47.9 Å². The van der Waals surface area contributed by atoms with E-state index in [0.717, 1.165) is 25.2 Å². The first-order valence-electron chi connectivity index (χ1n) is 7.75. The predicted molar refractivity (Wildman–Crippen MR) is 90.9 cm³/mol. The van der Waals surface area contributed by atoms with E-state index in [-0.39, 0.29) is 5.91 Å². The van der Waals surface area contributed by atoms with Gasteiger partial charge in [0.05, 0.1) is 0 Å². The van der Waals surface area contributed by atoms with Crippen LogP contribution in [0.15, 0.2) is 36.7 Å². The molecule has 0 unspecified atom stereocenters. The Balaban J connectivity index is 1.73. The molecule has 1 aromatic heterocycles. The van der Waals surface area contributed by atoms with Gasteiger partial charge < -0.3 is 15.1 Å². The largest absolute Gasteiger partial charge is 0.369 e. The van der Waals surface area contributed by atoms with Gasteiger partial charge in [0, 0.05) is 31.4 Å². The van der Waals surface area contributed by atoms with Gasteiger partial charge >= 0.3 is 0 Å². The molecule has 6 heteroatoms. The smallest absolute Gasteiger partial charge is 0.277 e. The second-order valence-electron chi connectivity index (χ2n) is 5.85. The lowest BCUT2D eigenvalue weighted by Gasteiger charge is -2.17. The molecule has 0 radical (unpaired) electrons. The molecule has 1 N–H and O–H groups in total. The number of hydrogen-bond acceptors (Lipinski definition) is 5. The fourth-order valence-electron chi connectivity index (χ4n) is 2.67. The van der Waals surface area contributed by atoms with Crippen molar-refractivity contribution < 1.29 is 4.79 Å². The number of amides is 1. The number of rotatable bonds is 5. The molecule has 0 bridgehead atoms. The minimum Gasteiger partial charge on any atom is -0.369 e. The van der Waals surface area contributed by atoms with Crippen LogP contribution in [0, 0.1) is 0 Å². The SMILES string of the molecule is CN(C)CCNc1cc(C(=O)N2CCc3ccccc32)ncn1. The highest BCUT2D eigenvalue weighted by molar-refractivity contribution is 6.06. The summed E-state index contributed by atoms with van der Waals surface area (Å²) >= 11 is 0. The molecule has 0 saturated carbocycles. The molecule has 0 saturated heterocycles. The lowest BCUT2D eigenvalue weighted by Crippen LogP contribution is -2.30. The monoisotopic (exact) mass is 311 g/mol. The van der Waals surface area contributed by atoms with Crippen molar-refractivity contribution in [1.82, 2.24) is 14.9 Å². The molecule has 23 heavy (non-hydrogen) atoms. The van der Waals surface area contributed by atoms with Crippen molar-refractivity contribution in [2.45, 2.75) is 6.42 Å². The lowest BCUT2D eigenvalue weighted by molar-refractivity contribution is 0.0984. The van der Waals surface area contributed by atoms with Crippen LogP contribution in [-0.2, 0) is 6.42 Å². The Morgan fingerprint density at radius 2 is 2.13 bits per heavy atom. The molecule has 6 nitrogen and oxygen atoms in total. The zero-order valence-corrected chi connectivity index (χ0v) is 13.5. The van der Waals surface area contributed by atoms with Crippen LogP contribution < -0.4 is 10.2 Å². The van der Waals surface area contributed by atoms with E-state index in [2.05, 4.69) is 26.3 Å². The fraction of sp³-hybridized carbons (Fsp3) is 0.353. The normalized spacial score (nSPS) is 13.3. The Labute approximate surface area is 136 Å². The molecule has 2 heterocycles. The summed E-state index contributed by atoms with van der Waals surface area (Å²) in [4.78, 5) is 24.9. The van der Waals surface area contributed by atoms with E-state index >= 15 is 0 Å². The molecule has 1 aliphatic heterocycles. The molecule has 3 rings (SSSR count). The van der Waals surface area contributed by atoms with Crippen LogP contribution in [0.2, 0.25) is 0 Å². The lowest BCUT2D eigenvalue weighted by atomic mass is 10.2. The summed E-state index contributed by atoms with van der Waals surface area (Å²) in [7, 11) is 4.03. The topological polar surface area (TPSA) is 61.4 Å². The highest BCUT2D eigenvalue weighted by Crippen LogP contribution is 2.28. The van der Waals surface area contributed by atoms with Crippen LogP contribution >= 0.6 is 0 Å². The molecule has 0 aliphatic carbocycles. The van der Waals surface area contributed by atoms with Crippen LogP contribution in [0.4, 0.5) is 11.5 Å². The van der Waals surface area contributed by atoms with Gasteiger partial charge in [-0.05, 0) is 32.1 Å². The number of aromatic nitrogens is 2. The maximum absolute atomic E-state index is 12.7. The molecule has 2 aromatic rings. The standard InChI is InChI=1S/C17H21N5O/c1-21(2)10-8-18-16-11-14(19-12-20-16)17(23)22-9-7-13-5-3-4-6-15(13)22/h3-6,11-12H,7-10H2,1-2H3,(H,18,19,20). The zero-order chi connectivity index (χ0) is 16.2. The molecule has 0 atom stereocenters. The quantitative estimate of drug-likeness (QED) is 0.910. The van der Waals surface area contributed by atoms with Crippen molar-refractivity contribution in [3.63, 3.8) is 0 Å². The number of benzene rings is 1. The molecule has 1 aromatic carbocycles. The van der Waals surface area contributed by atoms with E-state index in [4.69, 9.17) is 0 Å². The summed E-state index contributed by atoms with van der Waals surface area (Å²) in [5, 5.41) is 3.22. The summed E-state index contributed by atoms with van der Waals surface area (Å²) in [5.41, 5.74) is 2.61. The Bertz CT molecular complexity index is 701. The number of para-hydroxylation sites is 1. The number of likely N-dealkylation sites (N-methyl/N-ethyl adjacent to an activating group) is 1. The summed E-state index contributed by atoms with van der Waals surface area (Å²) in [6, 6.07) is 9.73. The third kappa shape index (κ3) is 3.48. The maximum Gasteiger partial charge on any atom is 0.277 e. The number of nitrogens with zero attached hydrogens (tertiary/aromatic N) is 4. The van der Waals surface area contributed by atoms with Gasteiger partial charge in [-0.2, -0.15) is 0 Å². The van der Waals surface area contributed by atoms with Gasteiger partial charge in [-0.1, -0.05) is 18.2 Å². The highest BCUT2D eigenvalue weighted by Gasteiger charge is 2.26. The van der Waals surface area contributed by atoms with E-state index < -0.39 is 0 Å². The number of nitrogens with one attached hydrogen (secondary N) is 1. The van der Waals surface area contributed by atoms with Crippen LogP contribution in [0.25, 0.3) is 0 Å². The molecule has 0 fully saturated rings. The number of fused-ring (bicyclic) bond motifs is 1. The molecule has 1 amide bonds. The van der Waals surface area contributed by atoms with E-state index in [9.17, 15) is 4.79 Å². The maximum atomic E-state index is 12.7. The van der Waals surface area contributed by atoms with Crippen molar-refractivity contribution >= 4 is 17.4 Å². The molecular formula is C17H21N5O. The van der Waals surface area contributed by atoms with E-state index in [1.807, 2.05) is 32.3 Å². The molecule has 0 spiro atoms. The summed E-state index contributed by atoms with van der Waals surface area (Å²) in [6.45, 7) is 2.36. The van der Waals surface area contributed by atoms with Gasteiger partial charge in [0.1, 0.15) is 17.8 Å². The van der Waals surface area contributed by atoms with Gasteiger partial charge in [-0.3, -0.25) is 4.79 Å². The second-order valence-corrected chi connectivity index (χ2v) is 5.85. The predicted octanol–water partition coefficient (Wildman–Crippen LogP) is 1.65. The number of carbonyl (C=O) groups excluding carboxylic acids is 1. The van der Waals surface area contributed by atoms with Crippen molar-refractivity contribution in [1.29, 1.82) is 0 Å². The summed E-state index contributed by atoms with van der Waals surface area (Å²) < 4.78 is 0. The highest BCUT2D eigenvalue weighted by atomic mass is 16.2. The first-order valence-corrected chi connectivity index (χ1v) is 7.75. The Hall–Kier alpha value is -2.47. The van der Waals surface area contributed by atoms with Crippen LogP contribution in [0.1, 0.15) is 16.1 Å². The number of hydrogen-bond donors (Lipinski definition) is 1. The van der Waals surface area contributed by atoms with E-state index in [1.54, 1.807) is 11.0 Å². The average molecular weight is 311 g/mol. The molecular weight excluding hydrogens is 290 g/mol. The van der Waals surface area contributed by atoms with Crippen LogP contribution in [0.5, 0.6) is 0 Å². The molecule has 120 valence electrons. The van der Waals surface area contributed by atoms with Gasteiger partial charge in [0.2, 0.25) is 0 Å². The van der Waals surface area contributed by atoms with Crippen molar-refractivity contribution in [2.75, 3.05) is 43.9 Å². The van der Waals surface area contributed by atoms with E-state index in [0.29, 0.717) is 18.1 Å². The van der Waals surface area contributed by atoms with Crippen LogP contribution in [0.3, 0.4) is 0 Å². The average Bonchev–Trinajstić information content (AvgIpc) is 2.98. The molecule has 1 aliphatic rings. The Morgan fingerprint density at radius 1 is 1.30 bits per heavy atom. The van der Waals surface area contributed by atoms with Gasteiger partial charge in [-0.15, -0.1) is 0 Å². The van der Waals surface area contributed by atoms with Gasteiger partial charge in [0.15, 0.2) is 0 Å². The van der Waals surface area contributed by atoms with Crippen molar-refractivity contribution in [3.8, 4) is 0 Å². The van der Waals surface area contributed by atoms with Gasteiger partial charge in [0.25, 0.3) is 5.91 Å². The summed E-state index contributed by atoms with van der Waals surface area (Å²) in [6.07, 6.45) is 2.33. The summed E-state index contributed by atoms with van der Waals surface area (Å²) in [5.74, 6) is 0.602. The van der Waals surface area contributed by atoms with E-state index in [1.165, 1.54) is 11.9 Å².